The van der Waals surface area contributed by atoms with Crippen LogP contribution in [-0.2, 0) is 0 Å². The fraction of sp³-hybridized carbons (Fsp3) is 0.389. The van der Waals surface area contributed by atoms with Crippen LogP contribution in [0.4, 0.5) is 5.69 Å². The maximum Gasteiger partial charge on any atom is 0.289 e. The van der Waals surface area contributed by atoms with E-state index in [0.29, 0.717) is 5.76 Å². The maximum atomic E-state index is 12.4. The van der Waals surface area contributed by atoms with E-state index in [0.717, 1.165) is 36.7 Å². The highest BCUT2D eigenvalue weighted by atomic mass is 16.5. The molecule has 1 fully saturated rings. The van der Waals surface area contributed by atoms with Gasteiger partial charge in [0.2, 0.25) is 0 Å². The molecule has 0 radical (unpaired) electrons. The summed E-state index contributed by atoms with van der Waals surface area (Å²) in [5.41, 5.74) is 1.03. The molecule has 0 N–H and O–H groups in total. The molecule has 24 heavy (non-hydrogen) atoms. The number of carbonyl (C=O) groups is 1. The van der Waals surface area contributed by atoms with Crippen molar-refractivity contribution < 1.29 is 18.7 Å². The lowest BCUT2D eigenvalue weighted by Crippen LogP contribution is -2.38. The van der Waals surface area contributed by atoms with Gasteiger partial charge in [-0.3, -0.25) is 4.79 Å². The molecule has 1 aromatic heterocycles. The molecule has 128 valence electrons. The number of carbonyl (C=O) groups excluding carboxylic acids is 1. The normalized spacial score (nSPS) is 17.0. The molecule has 1 aliphatic rings. The van der Waals surface area contributed by atoms with Crippen LogP contribution in [0.15, 0.2) is 41.0 Å². The van der Waals surface area contributed by atoms with E-state index in [-0.39, 0.29) is 11.9 Å². The van der Waals surface area contributed by atoms with Gasteiger partial charge < -0.3 is 23.7 Å². The molecule has 6 nitrogen and oxygen atoms in total. The van der Waals surface area contributed by atoms with Crippen LogP contribution in [0, 0.1) is 0 Å². The van der Waals surface area contributed by atoms with Crippen molar-refractivity contribution >= 4 is 11.6 Å². The van der Waals surface area contributed by atoms with Crippen molar-refractivity contribution in [2.75, 3.05) is 39.3 Å². The molecule has 0 aliphatic carbocycles. The third-order valence-corrected chi connectivity index (χ3v) is 4.46. The number of rotatable bonds is 5. The van der Waals surface area contributed by atoms with E-state index >= 15 is 0 Å². The number of methoxy groups -OCH3 is 2. The summed E-state index contributed by atoms with van der Waals surface area (Å²) in [5, 5.41) is 0. The molecule has 1 atom stereocenters. The number of anilines is 1. The van der Waals surface area contributed by atoms with Crippen molar-refractivity contribution in [3.05, 3.63) is 42.4 Å². The summed E-state index contributed by atoms with van der Waals surface area (Å²) in [6.45, 7) is 1.63. The first-order valence-electron chi connectivity index (χ1n) is 7.91. The summed E-state index contributed by atoms with van der Waals surface area (Å²) >= 11 is 0. The van der Waals surface area contributed by atoms with Gasteiger partial charge in [-0.15, -0.1) is 0 Å². The average Bonchev–Trinajstić information content (AvgIpc) is 3.31. The molecule has 1 saturated heterocycles. The Balaban J connectivity index is 1.72. The van der Waals surface area contributed by atoms with Crippen LogP contribution < -0.4 is 14.4 Å². The first-order valence-corrected chi connectivity index (χ1v) is 7.91. The zero-order valence-electron chi connectivity index (χ0n) is 14.2. The van der Waals surface area contributed by atoms with E-state index in [1.165, 1.54) is 6.26 Å². The number of benzene rings is 1. The standard InChI is InChI=1S/C18H22N2O4/c1-19(18(21)17-5-4-8-24-17)13-6-7-20(12-13)14-9-15(22-2)11-16(10-14)23-3/h4-5,8-11,13H,6-7,12H2,1-3H3/t13-/m1/s1. The second-order valence-electron chi connectivity index (χ2n) is 5.85. The van der Waals surface area contributed by atoms with Crippen LogP contribution in [0.2, 0.25) is 0 Å². The van der Waals surface area contributed by atoms with Gasteiger partial charge in [-0.05, 0) is 18.6 Å². The maximum absolute atomic E-state index is 12.4. The number of amides is 1. The number of hydrogen-bond donors (Lipinski definition) is 0. The average molecular weight is 330 g/mol. The molecule has 1 aromatic carbocycles. The van der Waals surface area contributed by atoms with Crippen LogP contribution in [-0.4, -0.2) is 51.2 Å². The molecule has 2 heterocycles. The van der Waals surface area contributed by atoms with Crippen molar-refractivity contribution in [1.82, 2.24) is 4.90 Å². The van der Waals surface area contributed by atoms with Crippen molar-refractivity contribution in [2.24, 2.45) is 0 Å². The van der Waals surface area contributed by atoms with Gasteiger partial charge in [-0.2, -0.15) is 0 Å². The Hall–Kier alpha value is -2.63. The fourth-order valence-corrected chi connectivity index (χ4v) is 3.01. The van der Waals surface area contributed by atoms with Gasteiger partial charge in [0.05, 0.1) is 26.5 Å². The van der Waals surface area contributed by atoms with Crippen molar-refractivity contribution in [3.63, 3.8) is 0 Å². The predicted octanol–water partition coefficient (Wildman–Crippen LogP) is 2.65. The largest absolute Gasteiger partial charge is 0.497 e. The minimum absolute atomic E-state index is 0.0879. The summed E-state index contributed by atoms with van der Waals surface area (Å²) in [6.07, 6.45) is 2.42. The van der Waals surface area contributed by atoms with Crippen molar-refractivity contribution in [3.8, 4) is 11.5 Å². The topological polar surface area (TPSA) is 55.2 Å². The first kappa shape index (κ1) is 16.2. The third-order valence-electron chi connectivity index (χ3n) is 4.46. The Labute approximate surface area is 141 Å². The van der Waals surface area contributed by atoms with Gasteiger partial charge in [-0.25, -0.2) is 0 Å². The minimum atomic E-state index is -0.0879. The van der Waals surface area contributed by atoms with Crippen LogP contribution in [0.3, 0.4) is 0 Å². The molecular formula is C18H22N2O4. The molecule has 3 rings (SSSR count). The summed E-state index contributed by atoms with van der Waals surface area (Å²) in [6, 6.07) is 9.38. The Morgan fingerprint density at radius 2 is 1.96 bits per heavy atom. The van der Waals surface area contributed by atoms with Crippen LogP contribution in [0.1, 0.15) is 17.0 Å². The number of furan rings is 1. The molecule has 1 aliphatic heterocycles. The second kappa shape index (κ2) is 6.86. The summed E-state index contributed by atoms with van der Waals surface area (Å²) < 4.78 is 15.9. The monoisotopic (exact) mass is 330 g/mol. The zero-order chi connectivity index (χ0) is 17.1. The Bertz CT molecular complexity index is 677. The van der Waals surface area contributed by atoms with Gasteiger partial charge in [0.25, 0.3) is 5.91 Å². The quantitative estimate of drug-likeness (QED) is 0.843. The molecule has 2 aromatic rings. The van der Waals surface area contributed by atoms with Gasteiger partial charge in [0.1, 0.15) is 11.5 Å². The van der Waals surface area contributed by atoms with Gasteiger partial charge in [0.15, 0.2) is 5.76 Å². The summed E-state index contributed by atoms with van der Waals surface area (Å²) in [4.78, 5) is 16.4. The third kappa shape index (κ3) is 3.18. The Morgan fingerprint density at radius 1 is 1.25 bits per heavy atom. The SMILES string of the molecule is COc1cc(OC)cc(N2CC[C@@H](N(C)C(=O)c3ccco3)C2)c1. The summed E-state index contributed by atoms with van der Waals surface area (Å²) in [5.74, 6) is 1.80. The van der Waals surface area contributed by atoms with Crippen LogP contribution >= 0.6 is 0 Å². The lowest BCUT2D eigenvalue weighted by molar-refractivity contribution is 0.0713. The van der Waals surface area contributed by atoms with Gasteiger partial charge in [0, 0.05) is 44.0 Å². The molecule has 1 amide bonds. The summed E-state index contributed by atoms with van der Waals surface area (Å²) in [7, 11) is 5.10. The van der Waals surface area contributed by atoms with Gasteiger partial charge >= 0.3 is 0 Å². The highest BCUT2D eigenvalue weighted by Gasteiger charge is 2.30. The molecular weight excluding hydrogens is 308 g/mol. The van der Waals surface area contributed by atoms with Crippen molar-refractivity contribution in [1.29, 1.82) is 0 Å². The molecule has 0 saturated carbocycles. The minimum Gasteiger partial charge on any atom is -0.497 e. The molecule has 6 heteroatoms. The van der Waals surface area contributed by atoms with Crippen LogP contribution in [0.25, 0.3) is 0 Å². The van der Waals surface area contributed by atoms with E-state index in [9.17, 15) is 4.79 Å². The van der Waals surface area contributed by atoms with E-state index in [1.54, 1.807) is 31.3 Å². The highest BCUT2D eigenvalue weighted by molar-refractivity contribution is 5.91. The van der Waals surface area contributed by atoms with Crippen molar-refractivity contribution in [2.45, 2.75) is 12.5 Å². The predicted molar refractivity (Wildman–Crippen MR) is 91.0 cm³/mol. The Morgan fingerprint density at radius 3 is 2.54 bits per heavy atom. The number of likely N-dealkylation sites (N-methyl/N-ethyl adjacent to an activating group) is 1. The van der Waals surface area contributed by atoms with E-state index in [2.05, 4.69) is 4.90 Å². The molecule has 0 unspecified atom stereocenters. The molecule has 0 spiro atoms. The van der Waals surface area contributed by atoms with E-state index in [4.69, 9.17) is 13.9 Å². The highest BCUT2D eigenvalue weighted by Crippen LogP contribution is 2.31. The van der Waals surface area contributed by atoms with E-state index in [1.807, 2.05) is 25.2 Å². The number of hydrogen-bond acceptors (Lipinski definition) is 5. The second-order valence-corrected chi connectivity index (χ2v) is 5.85. The first-order chi connectivity index (χ1) is 11.6. The lowest BCUT2D eigenvalue weighted by atomic mass is 10.2. The smallest absolute Gasteiger partial charge is 0.289 e. The lowest BCUT2D eigenvalue weighted by Gasteiger charge is -2.25. The fourth-order valence-electron chi connectivity index (χ4n) is 3.01. The Kier molecular flexibility index (Phi) is 4.64. The number of nitrogens with zero attached hydrogens (tertiary/aromatic N) is 2. The number of ether oxygens (including phenoxy) is 2. The van der Waals surface area contributed by atoms with Crippen LogP contribution in [0.5, 0.6) is 11.5 Å². The van der Waals surface area contributed by atoms with Gasteiger partial charge in [-0.1, -0.05) is 0 Å². The van der Waals surface area contributed by atoms with E-state index < -0.39 is 0 Å². The molecule has 0 bridgehead atoms. The zero-order valence-corrected chi connectivity index (χ0v) is 14.2.